The molecule has 72 valence electrons. The highest BCUT2D eigenvalue weighted by Crippen LogP contribution is 2.08. The molecule has 1 rings (SSSR count). The van der Waals surface area contributed by atoms with Crippen molar-refractivity contribution in [1.82, 2.24) is 0 Å². The molecule has 0 bridgehead atoms. The van der Waals surface area contributed by atoms with E-state index in [-0.39, 0.29) is 17.9 Å². The maximum atomic E-state index is 11.3. The summed E-state index contributed by atoms with van der Waals surface area (Å²) in [4.78, 5) is 11.3. The SMILES string of the molecule is CCCC(=O)C1=NN=NC(O)C1O. The molecule has 1 aliphatic rings. The molecular formula is C7H11N3O3. The van der Waals surface area contributed by atoms with Crippen LogP contribution < -0.4 is 0 Å². The van der Waals surface area contributed by atoms with Crippen LogP contribution in [-0.2, 0) is 4.79 Å². The van der Waals surface area contributed by atoms with Gasteiger partial charge in [0.05, 0.1) is 0 Å². The molecule has 0 spiro atoms. The van der Waals surface area contributed by atoms with E-state index in [2.05, 4.69) is 15.4 Å². The van der Waals surface area contributed by atoms with E-state index in [0.29, 0.717) is 6.42 Å². The third-order valence-electron chi connectivity index (χ3n) is 1.65. The maximum absolute atomic E-state index is 11.3. The van der Waals surface area contributed by atoms with E-state index in [1.807, 2.05) is 6.92 Å². The summed E-state index contributed by atoms with van der Waals surface area (Å²) in [7, 11) is 0. The lowest BCUT2D eigenvalue weighted by Gasteiger charge is -2.16. The van der Waals surface area contributed by atoms with Gasteiger partial charge in [-0.25, -0.2) is 0 Å². The van der Waals surface area contributed by atoms with Crippen LogP contribution >= 0.6 is 0 Å². The highest BCUT2D eigenvalue weighted by Gasteiger charge is 2.29. The second-order valence-corrected chi connectivity index (χ2v) is 2.72. The number of aliphatic hydroxyl groups excluding tert-OH is 2. The molecule has 1 heterocycles. The summed E-state index contributed by atoms with van der Waals surface area (Å²) < 4.78 is 0. The Bertz CT molecular complexity index is 262. The molecule has 2 atom stereocenters. The van der Waals surface area contributed by atoms with Crippen molar-refractivity contribution in [3.05, 3.63) is 0 Å². The van der Waals surface area contributed by atoms with Crippen molar-refractivity contribution in [3.63, 3.8) is 0 Å². The fourth-order valence-corrected chi connectivity index (χ4v) is 0.966. The normalized spacial score (nSPS) is 27.2. The van der Waals surface area contributed by atoms with Crippen molar-refractivity contribution in [2.24, 2.45) is 15.4 Å². The fourth-order valence-electron chi connectivity index (χ4n) is 0.966. The summed E-state index contributed by atoms with van der Waals surface area (Å²) in [6, 6.07) is 0. The first-order chi connectivity index (χ1) is 6.16. The Morgan fingerprint density at radius 1 is 1.54 bits per heavy atom. The minimum Gasteiger partial charge on any atom is -0.382 e. The van der Waals surface area contributed by atoms with Crippen LogP contribution in [0, 0.1) is 0 Å². The summed E-state index contributed by atoms with van der Waals surface area (Å²) in [6.07, 6.45) is -1.75. The average Bonchev–Trinajstić information content (AvgIpc) is 2.10. The zero-order chi connectivity index (χ0) is 9.84. The predicted molar refractivity (Wildman–Crippen MR) is 44.2 cm³/mol. The van der Waals surface area contributed by atoms with Crippen LogP contribution in [0.25, 0.3) is 0 Å². The van der Waals surface area contributed by atoms with Crippen molar-refractivity contribution < 1.29 is 15.0 Å². The number of carbonyl (C=O) groups excluding carboxylic acids is 1. The number of hydrogen-bond donors (Lipinski definition) is 2. The summed E-state index contributed by atoms with van der Waals surface area (Å²) in [5, 5.41) is 28.1. The lowest BCUT2D eigenvalue weighted by molar-refractivity contribution is -0.113. The molecule has 0 saturated heterocycles. The van der Waals surface area contributed by atoms with Gasteiger partial charge in [0.2, 0.25) is 0 Å². The van der Waals surface area contributed by atoms with E-state index in [9.17, 15) is 9.90 Å². The van der Waals surface area contributed by atoms with Crippen molar-refractivity contribution in [1.29, 1.82) is 0 Å². The predicted octanol–water partition coefficient (Wildman–Crippen LogP) is -0.143. The fraction of sp³-hybridized carbons (Fsp3) is 0.714. The molecular weight excluding hydrogens is 174 g/mol. The molecule has 2 unspecified atom stereocenters. The minimum absolute atomic E-state index is 0.107. The standard InChI is InChI=1S/C7H11N3O3/c1-2-3-4(11)5-6(12)7(13)9-10-8-5/h6-7,12-13H,2-3H2,1H3. The van der Waals surface area contributed by atoms with E-state index in [1.54, 1.807) is 0 Å². The topological polar surface area (TPSA) is 94.6 Å². The Balaban J connectivity index is 2.73. The first-order valence-corrected chi connectivity index (χ1v) is 4.03. The average molecular weight is 185 g/mol. The molecule has 0 saturated carbocycles. The minimum atomic E-state index is -1.37. The van der Waals surface area contributed by atoms with Crippen LogP contribution in [0.5, 0.6) is 0 Å². The van der Waals surface area contributed by atoms with Gasteiger partial charge in [0.15, 0.2) is 12.0 Å². The van der Waals surface area contributed by atoms with Crippen molar-refractivity contribution in [3.8, 4) is 0 Å². The summed E-state index contributed by atoms with van der Waals surface area (Å²) in [5.74, 6) is -0.298. The first kappa shape index (κ1) is 9.94. The first-order valence-electron chi connectivity index (χ1n) is 4.03. The number of hydrogen-bond acceptors (Lipinski definition) is 6. The number of ketones is 1. The van der Waals surface area contributed by atoms with Gasteiger partial charge in [0.1, 0.15) is 11.8 Å². The van der Waals surface area contributed by atoms with Gasteiger partial charge in [0.25, 0.3) is 0 Å². The molecule has 6 nitrogen and oxygen atoms in total. The molecule has 0 aromatic rings. The molecule has 2 N–H and O–H groups in total. The zero-order valence-electron chi connectivity index (χ0n) is 7.21. The van der Waals surface area contributed by atoms with Crippen molar-refractivity contribution in [2.75, 3.05) is 0 Å². The number of aliphatic hydroxyl groups is 2. The number of nitrogens with zero attached hydrogens (tertiary/aromatic N) is 3. The highest BCUT2D eigenvalue weighted by molar-refractivity contribution is 6.41. The number of Topliss-reactive ketones (excluding diaryl/α,β-unsaturated/α-hetero) is 1. The second-order valence-electron chi connectivity index (χ2n) is 2.72. The lowest BCUT2D eigenvalue weighted by atomic mass is 10.1. The molecule has 6 heteroatoms. The zero-order valence-corrected chi connectivity index (χ0v) is 7.21. The molecule has 1 aliphatic heterocycles. The number of rotatable bonds is 3. The molecule has 13 heavy (non-hydrogen) atoms. The van der Waals surface area contributed by atoms with Crippen LogP contribution in [0.4, 0.5) is 0 Å². The van der Waals surface area contributed by atoms with Crippen LogP contribution in [0.1, 0.15) is 19.8 Å². The van der Waals surface area contributed by atoms with Gasteiger partial charge in [-0.2, -0.15) is 0 Å². The van der Waals surface area contributed by atoms with E-state index >= 15 is 0 Å². The van der Waals surface area contributed by atoms with Gasteiger partial charge >= 0.3 is 0 Å². The van der Waals surface area contributed by atoms with E-state index in [1.165, 1.54) is 0 Å². The third kappa shape index (κ3) is 2.16. The van der Waals surface area contributed by atoms with E-state index < -0.39 is 12.3 Å². The molecule has 0 amide bonds. The molecule has 0 aliphatic carbocycles. The van der Waals surface area contributed by atoms with Gasteiger partial charge in [-0.3, -0.25) is 4.79 Å². The van der Waals surface area contributed by atoms with Gasteiger partial charge < -0.3 is 10.2 Å². The third-order valence-corrected chi connectivity index (χ3v) is 1.65. The van der Waals surface area contributed by atoms with Crippen molar-refractivity contribution >= 4 is 11.5 Å². The van der Waals surface area contributed by atoms with Crippen LogP contribution in [0.3, 0.4) is 0 Å². The lowest BCUT2D eigenvalue weighted by Crippen LogP contribution is -2.38. The van der Waals surface area contributed by atoms with Crippen molar-refractivity contribution in [2.45, 2.75) is 32.1 Å². The summed E-state index contributed by atoms with van der Waals surface area (Å²) >= 11 is 0. The Hall–Kier alpha value is -1.14. The second kappa shape index (κ2) is 4.20. The molecule has 0 fully saturated rings. The van der Waals surface area contributed by atoms with Crippen LogP contribution in [0.2, 0.25) is 0 Å². The smallest absolute Gasteiger partial charge is 0.200 e. The van der Waals surface area contributed by atoms with Gasteiger partial charge in [-0.15, -0.1) is 10.2 Å². The Morgan fingerprint density at radius 3 is 2.85 bits per heavy atom. The van der Waals surface area contributed by atoms with Crippen LogP contribution in [-0.4, -0.2) is 34.0 Å². The largest absolute Gasteiger partial charge is 0.382 e. The number of carbonyl (C=O) groups is 1. The Labute approximate surface area is 75.0 Å². The quantitative estimate of drug-likeness (QED) is 0.640. The molecule has 0 radical (unpaired) electrons. The van der Waals surface area contributed by atoms with Crippen LogP contribution in [0.15, 0.2) is 15.4 Å². The van der Waals surface area contributed by atoms with Gasteiger partial charge in [-0.1, -0.05) is 6.92 Å². The Kier molecular flexibility index (Phi) is 3.21. The maximum Gasteiger partial charge on any atom is 0.200 e. The Morgan fingerprint density at radius 2 is 2.23 bits per heavy atom. The monoisotopic (exact) mass is 185 g/mol. The molecule has 0 aromatic carbocycles. The molecule has 0 aromatic heterocycles. The van der Waals surface area contributed by atoms with Gasteiger partial charge in [0, 0.05) is 6.42 Å². The summed E-state index contributed by atoms with van der Waals surface area (Å²) in [5.41, 5.74) is -0.107. The van der Waals surface area contributed by atoms with E-state index in [0.717, 1.165) is 0 Å². The van der Waals surface area contributed by atoms with E-state index in [4.69, 9.17) is 5.11 Å². The highest BCUT2D eigenvalue weighted by atomic mass is 16.3. The summed E-state index contributed by atoms with van der Waals surface area (Å²) in [6.45, 7) is 1.84. The van der Waals surface area contributed by atoms with Gasteiger partial charge in [-0.05, 0) is 11.6 Å².